The van der Waals surface area contributed by atoms with Crippen molar-refractivity contribution in [2.45, 2.75) is 0 Å². The zero-order valence-electron chi connectivity index (χ0n) is 26.0. The molecule has 0 radical (unpaired) electrons. The van der Waals surface area contributed by atoms with E-state index in [-0.39, 0.29) is 0 Å². The van der Waals surface area contributed by atoms with Gasteiger partial charge in [-0.3, -0.25) is 4.57 Å². The average molecular weight is 616 g/mol. The van der Waals surface area contributed by atoms with Gasteiger partial charge in [0, 0.05) is 33.2 Å². The van der Waals surface area contributed by atoms with Gasteiger partial charge in [-0.1, -0.05) is 140 Å². The van der Waals surface area contributed by atoms with E-state index in [2.05, 4.69) is 143 Å². The number of rotatable bonds is 6. The molecule has 0 bridgehead atoms. The highest BCUT2D eigenvalue weighted by molar-refractivity contribution is 6.12. The topological polar surface area (TPSA) is 43.9 Å². The molecule has 4 heteroatoms. The molecule has 0 unspecified atom stereocenters. The Hall–Kier alpha value is -6.52. The Balaban J connectivity index is 1.20. The van der Waals surface area contributed by atoms with Crippen LogP contribution in [0.15, 0.2) is 180 Å². The maximum Gasteiger partial charge on any atom is 0.168 e. The van der Waals surface area contributed by atoms with Gasteiger partial charge < -0.3 is 4.42 Å². The third-order valence-corrected chi connectivity index (χ3v) is 8.95. The standard InChI is InChI=1S/C44H29N3O/c1-5-13-30(14-6-1)35-25-26-41-39(27-35)40-29-36(31-15-7-2-8-16-31)28-38(42(40)48-41)32-21-23-34(24-22-32)44-46-45-43(33-17-9-3-10-18-33)47(44)37-19-11-4-12-20-37/h1-29H. The largest absolute Gasteiger partial charge is 0.455 e. The number of nitrogens with zero attached hydrogens (tertiary/aromatic N) is 3. The molecule has 0 spiro atoms. The highest BCUT2D eigenvalue weighted by atomic mass is 16.3. The van der Waals surface area contributed by atoms with Gasteiger partial charge in [0.25, 0.3) is 0 Å². The minimum Gasteiger partial charge on any atom is -0.455 e. The van der Waals surface area contributed by atoms with Gasteiger partial charge in [-0.2, -0.15) is 0 Å². The lowest BCUT2D eigenvalue weighted by atomic mass is 9.94. The van der Waals surface area contributed by atoms with Crippen molar-refractivity contribution in [3.63, 3.8) is 0 Å². The summed E-state index contributed by atoms with van der Waals surface area (Å²) < 4.78 is 8.76. The van der Waals surface area contributed by atoms with E-state index in [0.29, 0.717) is 0 Å². The van der Waals surface area contributed by atoms with Crippen molar-refractivity contribution in [2.75, 3.05) is 0 Å². The van der Waals surface area contributed by atoms with E-state index in [1.807, 2.05) is 42.5 Å². The van der Waals surface area contributed by atoms with E-state index in [1.165, 1.54) is 11.1 Å². The fourth-order valence-corrected chi connectivity index (χ4v) is 6.57. The molecule has 9 rings (SSSR count). The molecule has 0 amide bonds. The van der Waals surface area contributed by atoms with Crippen molar-refractivity contribution in [3.8, 4) is 61.8 Å². The van der Waals surface area contributed by atoms with Gasteiger partial charge in [0.15, 0.2) is 11.6 Å². The molecular formula is C44H29N3O. The normalized spacial score (nSPS) is 11.3. The first-order chi connectivity index (χ1) is 23.8. The van der Waals surface area contributed by atoms with Crippen LogP contribution in [0.5, 0.6) is 0 Å². The molecule has 0 saturated carbocycles. The third kappa shape index (κ3) is 4.88. The van der Waals surface area contributed by atoms with Gasteiger partial charge in [-0.25, -0.2) is 0 Å². The number of fused-ring (bicyclic) bond motifs is 3. The number of aromatic nitrogens is 3. The van der Waals surface area contributed by atoms with Crippen molar-refractivity contribution in [1.29, 1.82) is 0 Å². The van der Waals surface area contributed by atoms with E-state index in [4.69, 9.17) is 9.52 Å². The molecule has 7 aromatic carbocycles. The molecule has 0 saturated heterocycles. The highest BCUT2D eigenvalue weighted by Crippen LogP contribution is 2.41. The first-order valence-electron chi connectivity index (χ1n) is 16.1. The maximum absolute atomic E-state index is 6.64. The van der Waals surface area contributed by atoms with E-state index in [1.54, 1.807) is 0 Å². The summed E-state index contributed by atoms with van der Waals surface area (Å²) >= 11 is 0. The quantitative estimate of drug-likeness (QED) is 0.187. The Morgan fingerprint density at radius 3 is 1.48 bits per heavy atom. The number of furan rings is 1. The Labute approximate surface area is 278 Å². The molecule has 0 fully saturated rings. The summed E-state index contributed by atoms with van der Waals surface area (Å²) in [6.07, 6.45) is 0. The molecule has 48 heavy (non-hydrogen) atoms. The second kappa shape index (κ2) is 11.7. The van der Waals surface area contributed by atoms with Crippen LogP contribution in [0, 0.1) is 0 Å². The van der Waals surface area contributed by atoms with Crippen LogP contribution in [-0.2, 0) is 0 Å². The van der Waals surface area contributed by atoms with E-state index in [9.17, 15) is 0 Å². The molecule has 4 nitrogen and oxygen atoms in total. The predicted molar refractivity (Wildman–Crippen MR) is 196 cm³/mol. The molecule has 9 aromatic rings. The summed E-state index contributed by atoms with van der Waals surface area (Å²) in [7, 11) is 0. The van der Waals surface area contributed by atoms with Crippen LogP contribution in [0.3, 0.4) is 0 Å². The van der Waals surface area contributed by atoms with E-state index >= 15 is 0 Å². The Kier molecular flexibility index (Phi) is 6.76. The van der Waals surface area contributed by atoms with Crippen LogP contribution >= 0.6 is 0 Å². The molecule has 0 atom stereocenters. The molecule has 2 heterocycles. The van der Waals surface area contributed by atoms with Gasteiger partial charge in [-0.15, -0.1) is 10.2 Å². The monoisotopic (exact) mass is 615 g/mol. The summed E-state index contributed by atoms with van der Waals surface area (Å²) in [4.78, 5) is 0. The Morgan fingerprint density at radius 1 is 0.375 bits per heavy atom. The first-order valence-corrected chi connectivity index (χ1v) is 16.1. The average Bonchev–Trinajstić information content (AvgIpc) is 3.78. The summed E-state index contributed by atoms with van der Waals surface area (Å²) in [6.45, 7) is 0. The van der Waals surface area contributed by atoms with Gasteiger partial charge in [0.05, 0.1) is 0 Å². The second-order valence-corrected chi connectivity index (χ2v) is 11.9. The minimum absolute atomic E-state index is 0.784. The summed E-state index contributed by atoms with van der Waals surface area (Å²) in [6, 6.07) is 61.1. The van der Waals surface area contributed by atoms with Crippen LogP contribution in [0.1, 0.15) is 0 Å². The van der Waals surface area contributed by atoms with Gasteiger partial charge in [0.2, 0.25) is 0 Å². The summed E-state index contributed by atoms with van der Waals surface area (Å²) in [5.41, 5.74) is 11.5. The SMILES string of the molecule is c1ccc(-c2ccc3oc4c(-c5ccc(-c6nnc(-c7ccccc7)n6-c6ccccc6)cc5)cc(-c5ccccc5)cc4c3c2)cc1. The van der Waals surface area contributed by atoms with Crippen molar-refractivity contribution >= 4 is 21.9 Å². The molecule has 0 N–H and O–H groups in total. The zero-order chi connectivity index (χ0) is 31.9. The van der Waals surface area contributed by atoms with Crippen molar-refractivity contribution in [1.82, 2.24) is 14.8 Å². The predicted octanol–water partition coefficient (Wildman–Crippen LogP) is 11.5. The maximum atomic E-state index is 6.64. The Morgan fingerprint density at radius 2 is 0.854 bits per heavy atom. The van der Waals surface area contributed by atoms with Gasteiger partial charge >= 0.3 is 0 Å². The second-order valence-electron chi connectivity index (χ2n) is 11.9. The molecular weight excluding hydrogens is 587 g/mol. The van der Waals surface area contributed by atoms with Crippen LogP contribution < -0.4 is 0 Å². The zero-order valence-corrected chi connectivity index (χ0v) is 26.0. The lowest BCUT2D eigenvalue weighted by Gasteiger charge is -2.12. The lowest BCUT2D eigenvalue weighted by Crippen LogP contribution is -2.00. The highest BCUT2D eigenvalue weighted by Gasteiger charge is 2.19. The third-order valence-electron chi connectivity index (χ3n) is 8.95. The molecule has 0 aliphatic heterocycles. The number of para-hydroxylation sites is 1. The molecule has 0 aliphatic rings. The van der Waals surface area contributed by atoms with Gasteiger partial charge in [0.1, 0.15) is 11.2 Å². The molecule has 2 aromatic heterocycles. The number of hydrogen-bond acceptors (Lipinski definition) is 3. The molecule has 0 aliphatic carbocycles. The summed E-state index contributed by atoms with van der Waals surface area (Å²) in [5.74, 6) is 1.59. The van der Waals surface area contributed by atoms with E-state index in [0.717, 1.165) is 72.7 Å². The van der Waals surface area contributed by atoms with Crippen LogP contribution in [0.25, 0.3) is 83.8 Å². The fourth-order valence-electron chi connectivity index (χ4n) is 6.57. The fraction of sp³-hybridized carbons (Fsp3) is 0. The Bertz CT molecular complexity index is 2520. The first kappa shape index (κ1) is 27.8. The van der Waals surface area contributed by atoms with Crippen LogP contribution in [-0.4, -0.2) is 14.8 Å². The van der Waals surface area contributed by atoms with Crippen LogP contribution in [0.2, 0.25) is 0 Å². The van der Waals surface area contributed by atoms with Crippen LogP contribution in [0.4, 0.5) is 0 Å². The van der Waals surface area contributed by atoms with E-state index < -0.39 is 0 Å². The van der Waals surface area contributed by atoms with Crippen molar-refractivity contribution in [2.24, 2.45) is 0 Å². The number of benzene rings is 7. The van der Waals surface area contributed by atoms with Gasteiger partial charge in [-0.05, 0) is 64.2 Å². The number of hydrogen-bond donors (Lipinski definition) is 0. The smallest absolute Gasteiger partial charge is 0.168 e. The lowest BCUT2D eigenvalue weighted by molar-refractivity contribution is 0.670. The summed E-state index contributed by atoms with van der Waals surface area (Å²) in [5, 5.41) is 11.6. The van der Waals surface area contributed by atoms with Crippen molar-refractivity contribution in [3.05, 3.63) is 176 Å². The van der Waals surface area contributed by atoms with Crippen molar-refractivity contribution < 1.29 is 4.42 Å². The molecule has 226 valence electrons. The minimum atomic E-state index is 0.784.